The molecule has 1 N–H and O–H groups in total. The SMILES string of the molecule is Cc1cnc(Cl)c(NC(CC(C)C)CC(C)C)c1. The van der Waals surface area contributed by atoms with Gasteiger partial charge in [0.25, 0.3) is 0 Å². The molecule has 0 aromatic carbocycles. The topological polar surface area (TPSA) is 24.9 Å². The maximum absolute atomic E-state index is 6.14. The Labute approximate surface area is 116 Å². The van der Waals surface area contributed by atoms with Gasteiger partial charge in [0.2, 0.25) is 0 Å². The Kier molecular flexibility index (Phi) is 5.94. The lowest BCUT2D eigenvalue weighted by atomic mass is 9.95. The largest absolute Gasteiger partial charge is 0.380 e. The molecule has 0 bridgehead atoms. The summed E-state index contributed by atoms with van der Waals surface area (Å²) >= 11 is 6.14. The predicted octanol–water partition coefficient (Wildman–Crippen LogP) is 4.92. The van der Waals surface area contributed by atoms with E-state index in [4.69, 9.17) is 11.6 Å². The van der Waals surface area contributed by atoms with Crippen molar-refractivity contribution >= 4 is 17.3 Å². The van der Waals surface area contributed by atoms with Gasteiger partial charge in [-0.2, -0.15) is 0 Å². The second kappa shape index (κ2) is 6.98. The van der Waals surface area contributed by atoms with E-state index in [0.29, 0.717) is 23.0 Å². The van der Waals surface area contributed by atoms with Gasteiger partial charge in [-0.1, -0.05) is 39.3 Å². The molecule has 0 fully saturated rings. The van der Waals surface area contributed by atoms with Crippen LogP contribution in [0.5, 0.6) is 0 Å². The van der Waals surface area contributed by atoms with E-state index in [1.165, 1.54) is 0 Å². The van der Waals surface area contributed by atoms with Gasteiger partial charge in [0.15, 0.2) is 5.15 Å². The summed E-state index contributed by atoms with van der Waals surface area (Å²) in [6.45, 7) is 11.1. The summed E-state index contributed by atoms with van der Waals surface area (Å²) in [6.07, 6.45) is 4.11. The van der Waals surface area contributed by atoms with Gasteiger partial charge < -0.3 is 5.32 Å². The van der Waals surface area contributed by atoms with Crippen LogP contribution < -0.4 is 5.32 Å². The Balaban J connectivity index is 2.77. The minimum Gasteiger partial charge on any atom is -0.380 e. The van der Waals surface area contributed by atoms with Crippen molar-refractivity contribution in [3.05, 3.63) is 23.0 Å². The number of halogens is 1. The van der Waals surface area contributed by atoms with Gasteiger partial charge in [0.05, 0.1) is 5.69 Å². The minimum absolute atomic E-state index is 0.464. The molecule has 0 spiro atoms. The molecule has 3 heteroatoms. The van der Waals surface area contributed by atoms with E-state index in [0.717, 1.165) is 24.1 Å². The van der Waals surface area contributed by atoms with Gasteiger partial charge in [-0.3, -0.25) is 0 Å². The summed E-state index contributed by atoms with van der Waals surface area (Å²) in [7, 11) is 0. The highest BCUT2D eigenvalue weighted by Crippen LogP contribution is 2.24. The van der Waals surface area contributed by atoms with E-state index >= 15 is 0 Å². The van der Waals surface area contributed by atoms with Crippen molar-refractivity contribution in [2.24, 2.45) is 11.8 Å². The van der Waals surface area contributed by atoms with Crippen molar-refractivity contribution < 1.29 is 0 Å². The third kappa shape index (κ3) is 5.26. The molecule has 1 rings (SSSR count). The van der Waals surface area contributed by atoms with Crippen molar-refractivity contribution in [1.82, 2.24) is 4.98 Å². The Morgan fingerprint density at radius 2 is 1.72 bits per heavy atom. The summed E-state index contributed by atoms with van der Waals surface area (Å²) in [4.78, 5) is 4.19. The van der Waals surface area contributed by atoms with Crippen LogP contribution in [0.15, 0.2) is 12.3 Å². The van der Waals surface area contributed by atoms with Gasteiger partial charge >= 0.3 is 0 Å². The monoisotopic (exact) mass is 268 g/mol. The second-order valence-corrected chi connectivity index (χ2v) is 6.31. The van der Waals surface area contributed by atoms with Crippen LogP contribution >= 0.6 is 11.6 Å². The molecule has 0 aliphatic carbocycles. The van der Waals surface area contributed by atoms with Gasteiger partial charge in [-0.15, -0.1) is 0 Å². The van der Waals surface area contributed by atoms with Crippen LogP contribution in [-0.2, 0) is 0 Å². The van der Waals surface area contributed by atoms with E-state index in [2.05, 4.69) is 44.1 Å². The van der Waals surface area contributed by atoms with E-state index in [9.17, 15) is 0 Å². The molecule has 1 heterocycles. The standard InChI is InChI=1S/C15H25ClN2/c1-10(2)6-13(7-11(3)4)18-14-8-12(5)9-17-15(14)16/h8-11,13,18H,6-7H2,1-5H3. The fourth-order valence-electron chi connectivity index (χ4n) is 2.23. The first-order chi connectivity index (χ1) is 8.38. The van der Waals surface area contributed by atoms with E-state index in [-0.39, 0.29) is 0 Å². The van der Waals surface area contributed by atoms with Crippen LogP contribution in [0.25, 0.3) is 0 Å². The van der Waals surface area contributed by atoms with Crippen LogP contribution in [0, 0.1) is 18.8 Å². The molecule has 0 atom stereocenters. The summed E-state index contributed by atoms with van der Waals surface area (Å²) < 4.78 is 0. The number of anilines is 1. The second-order valence-electron chi connectivity index (χ2n) is 5.95. The molecule has 1 aromatic rings. The number of nitrogens with zero attached hydrogens (tertiary/aromatic N) is 1. The average Bonchev–Trinajstić information content (AvgIpc) is 2.21. The first kappa shape index (κ1) is 15.3. The molecular formula is C15H25ClN2. The molecule has 0 saturated heterocycles. The molecule has 1 aromatic heterocycles. The van der Waals surface area contributed by atoms with Gasteiger partial charge in [0.1, 0.15) is 0 Å². The highest BCUT2D eigenvalue weighted by molar-refractivity contribution is 6.31. The number of aryl methyl sites for hydroxylation is 1. The fourth-order valence-corrected chi connectivity index (χ4v) is 2.38. The quantitative estimate of drug-likeness (QED) is 0.741. The van der Waals surface area contributed by atoms with E-state index < -0.39 is 0 Å². The normalized spacial score (nSPS) is 11.6. The molecule has 2 nitrogen and oxygen atoms in total. The number of nitrogens with one attached hydrogen (secondary N) is 1. The zero-order valence-electron chi connectivity index (χ0n) is 12.1. The molecule has 0 saturated carbocycles. The number of pyridine rings is 1. The highest BCUT2D eigenvalue weighted by Gasteiger charge is 2.14. The molecule has 102 valence electrons. The summed E-state index contributed by atoms with van der Waals surface area (Å²) in [5, 5.41) is 4.12. The van der Waals surface area contributed by atoms with Crippen LogP contribution in [0.3, 0.4) is 0 Å². The number of hydrogen-bond acceptors (Lipinski definition) is 2. The average molecular weight is 269 g/mol. The lowest BCUT2D eigenvalue weighted by molar-refractivity contribution is 0.442. The zero-order valence-corrected chi connectivity index (χ0v) is 12.9. The first-order valence-corrected chi connectivity index (χ1v) is 7.15. The Hall–Kier alpha value is -0.760. The lowest BCUT2D eigenvalue weighted by Gasteiger charge is -2.24. The molecular weight excluding hydrogens is 244 g/mol. The van der Waals surface area contributed by atoms with Crippen molar-refractivity contribution in [3.63, 3.8) is 0 Å². The smallest absolute Gasteiger partial charge is 0.152 e. The Morgan fingerprint density at radius 3 is 2.22 bits per heavy atom. The van der Waals surface area contributed by atoms with Crippen LogP contribution in [0.4, 0.5) is 5.69 Å². The molecule has 0 aliphatic heterocycles. The minimum atomic E-state index is 0.464. The van der Waals surface area contributed by atoms with Crippen LogP contribution in [0.2, 0.25) is 5.15 Å². The fraction of sp³-hybridized carbons (Fsp3) is 0.667. The maximum Gasteiger partial charge on any atom is 0.152 e. The number of rotatable bonds is 6. The van der Waals surface area contributed by atoms with Crippen LogP contribution in [0.1, 0.15) is 46.1 Å². The predicted molar refractivity (Wildman–Crippen MR) is 80.3 cm³/mol. The summed E-state index contributed by atoms with van der Waals surface area (Å²) in [6, 6.07) is 2.54. The number of hydrogen-bond donors (Lipinski definition) is 1. The summed E-state index contributed by atoms with van der Waals surface area (Å²) in [5.41, 5.74) is 2.10. The molecule has 18 heavy (non-hydrogen) atoms. The van der Waals surface area contributed by atoms with Gasteiger partial charge in [-0.05, 0) is 43.2 Å². The Bertz CT molecular complexity index is 365. The van der Waals surface area contributed by atoms with Crippen molar-refractivity contribution in [3.8, 4) is 0 Å². The highest BCUT2D eigenvalue weighted by atomic mass is 35.5. The maximum atomic E-state index is 6.14. The van der Waals surface area contributed by atoms with Crippen molar-refractivity contribution in [1.29, 1.82) is 0 Å². The number of aromatic nitrogens is 1. The molecule has 0 aliphatic rings. The van der Waals surface area contributed by atoms with Gasteiger partial charge in [-0.25, -0.2) is 4.98 Å². The third-order valence-electron chi connectivity index (χ3n) is 2.85. The molecule has 0 unspecified atom stereocenters. The lowest BCUT2D eigenvalue weighted by Crippen LogP contribution is -2.24. The summed E-state index contributed by atoms with van der Waals surface area (Å²) in [5.74, 6) is 1.36. The molecule has 0 amide bonds. The van der Waals surface area contributed by atoms with Crippen molar-refractivity contribution in [2.75, 3.05) is 5.32 Å². The third-order valence-corrected chi connectivity index (χ3v) is 3.15. The van der Waals surface area contributed by atoms with Crippen LogP contribution in [-0.4, -0.2) is 11.0 Å². The van der Waals surface area contributed by atoms with Gasteiger partial charge in [0, 0.05) is 12.2 Å². The van der Waals surface area contributed by atoms with E-state index in [1.807, 2.05) is 6.92 Å². The molecule has 0 radical (unpaired) electrons. The Morgan fingerprint density at radius 1 is 1.17 bits per heavy atom. The van der Waals surface area contributed by atoms with Crippen molar-refractivity contribution in [2.45, 2.75) is 53.5 Å². The first-order valence-electron chi connectivity index (χ1n) is 6.77. The zero-order chi connectivity index (χ0) is 13.7. The van der Waals surface area contributed by atoms with E-state index in [1.54, 1.807) is 6.20 Å².